The summed E-state index contributed by atoms with van der Waals surface area (Å²) in [5.74, 6) is -0.312. The minimum Gasteiger partial charge on any atom is -0.352 e. The van der Waals surface area contributed by atoms with Crippen molar-refractivity contribution in [2.75, 3.05) is 11.4 Å². The lowest BCUT2D eigenvalue weighted by molar-refractivity contribution is -0.123. The second-order valence-electron chi connectivity index (χ2n) is 6.03. The highest BCUT2D eigenvalue weighted by atomic mass is 79.9. The first-order valence-corrected chi connectivity index (χ1v) is 9.57. The lowest BCUT2D eigenvalue weighted by atomic mass is 10.2. The number of nitrogens with zero attached hydrogens (tertiary/aromatic N) is 2. The number of amides is 2. The third-order valence-corrected chi connectivity index (χ3v) is 5.33. The second-order valence-corrected chi connectivity index (χ2v) is 8.49. The van der Waals surface area contributed by atoms with Crippen LogP contribution in [0.5, 0.6) is 0 Å². The molecule has 7 heteroatoms. The van der Waals surface area contributed by atoms with Gasteiger partial charge in [-0.1, -0.05) is 12.1 Å². The first-order chi connectivity index (χ1) is 11.9. The van der Waals surface area contributed by atoms with Crippen LogP contribution >= 0.6 is 27.3 Å². The largest absolute Gasteiger partial charge is 0.352 e. The molecule has 1 N–H and O–H groups in total. The van der Waals surface area contributed by atoms with Gasteiger partial charge in [-0.15, -0.1) is 11.3 Å². The number of para-hydroxylation sites is 2. The van der Waals surface area contributed by atoms with Crippen molar-refractivity contribution in [1.82, 2.24) is 5.32 Å². The van der Waals surface area contributed by atoms with Gasteiger partial charge in [0, 0.05) is 6.04 Å². The Balaban J connectivity index is 1.95. The van der Waals surface area contributed by atoms with E-state index in [0.29, 0.717) is 11.4 Å². The molecule has 0 aliphatic carbocycles. The molecule has 1 aliphatic heterocycles. The van der Waals surface area contributed by atoms with E-state index in [4.69, 9.17) is 4.99 Å². The summed E-state index contributed by atoms with van der Waals surface area (Å²) in [6, 6.07) is 11.3. The van der Waals surface area contributed by atoms with Gasteiger partial charge in [0.05, 0.1) is 32.2 Å². The fourth-order valence-corrected chi connectivity index (χ4v) is 4.01. The SMILES string of the molecule is CC(C)NC(=O)CN1C(=O)CC(c2ccc(Br)s2)=Nc2ccccc21. The van der Waals surface area contributed by atoms with Crippen molar-refractivity contribution >= 4 is 56.2 Å². The Morgan fingerprint density at radius 2 is 2.08 bits per heavy atom. The predicted octanol–water partition coefficient (Wildman–Crippen LogP) is 3.89. The molecule has 2 amide bonds. The van der Waals surface area contributed by atoms with Crippen LogP contribution < -0.4 is 10.2 Å². The van der Waals surface area contributed by atoms with Crippen LogP contribution in [0, 0.1) is 0 Å². The highest BCUT2D eigenvalue weighted by Crippen LogP contribution is 2.34. The van der Waals surface area contributed by atoms with Gasteiger partial charge in [-0.05, 0) is 54.0 Å². The number of carbonyl (C=O) groups excluding carboxylic acids is 2. The Morgan fingerprint density at radius 1 is 1.32 bits per heavy atom. The zero-order chi connectivity index (χ0) is 18.0. The molecule has 0 bridgehead atoms. The zero-order valence-corrected chi connectivity index (χ0v) is 16.4. The Kier molecular flexibility index (Phi) is 5.34. The number of carbonyl (C=O) groups is 2. The average molecular weight is 420 g/mol. The van der Waals surface area contributed by atoms with Gasteiger partial charge in [-0.3, -0.25) is 9.59 Å². The standard InChI is InChI=1S/C18H18BrN3O2S/c1-11(2)20-17(23)10-22-14-6-4-3-5-12(14)21-13(9-18(22)24)15-7-8-16(19)25-15/h3-8,11H,9-10H2,1-2H3,(H,20,23). The van der Waals surface area contributed by atoms with E-state index in [1.54, 1.807) is 0 Å². The van der Waals surface area contributed by atoms with E-state index >= 15 is 0 Å². The maximum Gasteiger partial charge on any atom is 0.240 e. The number of fused-ring (bicyclic) bond motifs is 1. The number of hydrogen-bond donors (Lipinski definition) is 1. The van der Waals surface area contributed by atoms with E-state index in [1.165, 1.54) is 16.2 Å². The van der Waals surface area contributed by atoms with Crippen LogP contribution in [0.25, 0.3) is 0 Å². The molecule has 0 unspecified atom stereocenters. The van der Waals surface area contributed by atoms with Gasteiger partial charge in [-0.2, -0.15) is 0 Å². The summed E-state index contributed by atoms with van der Waals surface area (Å²) in [6.07, 6.45) is 0.163. The van der Waals surface area contributed by atoms with E-state index in [-0.39, 0.29) is 30.8 Å². The summed E-state index contributed by atoms with van der Waals surface area (Å²) < 4.78 is 0.989. The van der Waals surface area contributed by atoms with Gasteiger partial charge >= 0.3 is 0 Å². The van der Waals surface area contributed by atoms with Gasteiger partial charge < -0.3 is 10.2 Å². The van der Waals surface area contributed by atoms with Crippen LogP contribution in [-0.2, 0) is 9.59 Å². The van der Waals surface area contributed by atoms with E-state index in [0.717, 1.165) is 14.4 Å². The molecule has 130 valence electrons. The Bertz CT molecular complexity index is 844. The summed E-state index contributed by atoms with van der Waals surface area (Å²) in [7, 11) is 0. The molecule has 0 saturated heterocycles. The minimum absolute atomic E-state index is 0.00897. The smallest absolute Gasteiger partial charge is 0.240 e. The van der Waals surface area contributed by atoms with Crippen molar-refractivity contribution in [3.05, 3.63) is 45.1 Å². The Labute approximate surface area is 158 Å². The molecular weight excluding hydrogens is 402 g/mol. The van der Waals surface area contributed by atoms with Gasteiger partial charge in [0.25, 0.3) is 0 Å². The van der Waals surface area contributed by atoms with E-state index < -0.39 is 0 Å². The van der Waals surface area contributed by atoms with Crippen LogP contribution in [0.15, 0.2) is 45.2 Å². The third kappa shape index (κ3) is 4.16. The molecule has 2 aromatic rings. The molecule has 0 atom stereocenters. The molecule has 2 heterocycles. The molecular formula is C18H18BrN3O2S. The molecule has 1 aromatic carbocycles. The molecule has 25 heavy (non-hydrogen) atoms. The van der Waals surface area contributed by atoms with Gasteiger partial charge in [-0.25, -0.2) is 4.99 Å². The normalized spacial score (nSPS) is 14.2. The van der Waals surface area contributed by atoms with Gasteiger partial charge in [0.1, 0.15) is 6.54 Å². The number of hydrogen-bond acceptors (Lipinski definition) is 4. The van der Waals surface area contributed by atoms with Crippen LogP contribution in [0.3, 0.4) is 0 Å². The monoisotopic (exact) mass is 419 g/mol. The Morgan fingerprint density at radius 3 is 2.76 bits per heavy atom. The molecule has 0 radical (unpaired) electrons. The number of halogens is 1. The number of thiophene rings is 1. The summed E-state index contributed by atoms with van der Waals surface area (Å²) in [4.78, 5) is 32.2. The molecule has 5 nitrogen and oxygen atoms in total. The molecule has 3 rings (SSSR count). The van der Waals surface area contributed by atoms with Crippen molar-refractivity contribution in [2.45, 2.75) is 26.3 Å². The average Bonchev–Trinajstić information content (AvgIpc) is 2.92. The summed E-state index contributed by atoms with van der Waals surface area (Å²) >= 11 is 4.99. The molecule has 1 aliphatic rings. The van der Waals surface area contributed by atoms with Crippen molar-refractivity contribution in [1.29, 1.82) is 0 Å². The van der Waals surface area contributed by atoms with Crippen molar-refractivity contribution in [3.63, 3.8) is 0 Å². The van der Waals surface area contributed by atoms with Gasteiger partial charge in [0.15, 0.2) is 0 Å². The number of benzene rings is 1. The number of anilines is 1. The van der Waals surface area contributed by atoms with Crippen molar-refractivity contribution < 1.29 is 9.59 Å². The van der Waals surface area contributed by atoms with E-state index in [1.807, 2.05) is 50.2 Å². The first kappa shape index (κ1) is 17.8. The molecule has 1 aromatic heterocycles. The quantitative estimate of drug-likeness (QED) is 0.816. The zero-order valence-electron chi connectivity index (χ0n) is 14.0. The number of aliphatic imine (C=N–C) groups is 1. The van der Waals surface area contributed by atoms with Crippen LogP contribution in [0.4, 0.5) is 11.4 Å². The highest BCUT2D eigenvalue weighted by molar-refractivity contribution is 9.11. The topological polar surface area (TPSA) is 61.8 Å². The fraction of sp³-hybridized carbons (Fsp3) is 0.278. The first-order valence-electron chi connectivity index (χ1n) is 7.96. The predicted molar refractivity (Wildman–Crippen MR) is 105 cm³/mol. The third-order valence-electron chi connectivity index (χ3n) is 3.66. The highest BCUT2D eigenvalue weighted by Gasteiger charge is 2.27. The summed E-state index contributed by atoms with van der Waals surface area (Å²) in [5, 5.41) is 2.83. The molecule has 0 fully saturated rings. The molecule has 0 saturated carbocycles. The van der Waals surface area contributed by atoms with Crippen LogP contribution in [0.2, 0.25) is 0 Å². The number of rotatable bonds is 4. The van der Waals surface area contributed by atoms with E-state index in [9.17, 15) is 9.59 Å². The number of nitrogens with one attached hydrogen (secondary N) is 1. The van der Waals surface area contributed by atoms with Crippen LogP contribution in [-0.4, -0.2) is 30.1 Å². The second kappa shape index (κ2) is 7.49. The lowest BCUT2D eigenvalue weighted by Gasteiger charge is -2.22. The van der Waals surface area contributed by atoms with Gasteiger partial charge in [0.2, 0.25) is 11.8 Å². The fourth-order valence-electron chi connectivity index (χ4n) is 2.64. The maximum atomic E-state index is 12.8. The summed E-state index contributed by atoms with van der Waals surface area (Å²) in [5.41, 5.74) is 2.09. The Hall–Kier alpha value is -1.99. The maximum absolute atomic E-state index is 12.8. The van der Waals surface area contributed by atoms with Crippen LogP contribution in [0.1, 0.15) is 25.1 Å². The summed E-state index contributed by atoms with van der Waals surface area (Å²) in [6.45, 7) is 3.78. The van der Waals surface area contributed by atoms with E-state index in [2.05, 4.69) is 21.2 Å². The van der Waals surface area contributed by atoms with Crippen molar-refractivity contribution in [3.8, 4) is 0 Å². The van der Waals surface area contributed by atoms with Crippen molar-refractivity contribution in [2.24, 2.45) is 4.99 Å². The minimum atomic E-state index is -0.180. The molecule has 0 spiro atoms. The lowest BCUT2D eigenvalue weighted by Crippen LogP contribution is -2.43.